The van der Waals surface area contributed by atoms with Gasteiger partial charge in [-0.25, -0.2) is 0 Å². The van der Waals surface area contributed by atoms with Gasteiger partial charge in [-0.3, -0.25) is 0 Å². The maximum Gasteiger partial charge on any atom is 0.00964 e. The molecule has 0 aliphatic carbocycles. The fraction of sp³-hybridized carbons (Fsp3) is 0. The third-order valence-electron chi connectivity index (χ3n) is 5.64. The zero-order valence-corrected chi connectivity index (χ0v) is 16.2. The van der Waals surface area contributed by atoms with Crippen LogP contribution in [0.1, 0.15) is 0 Å². The van der Waals surface area contributed by atoms with E-state index in [4.69, 9.17) is 0 Å². The van der Waals surface area contributed by atoms with Gasteiger partial charge in [-0.05, 0) is 84.8 Å². The summed E-state index contributed by atoms with van der Waals surface area (Å²) < 4.78 is 0. The number of hydrogen-bond acceptors (Lipinski definition) is 0. The lowest BCUT2D eigenvalue weighted by Crippen LogP contribution is -1.83. The highest BCUT2D eigenvalue weighted by molar-refractivity contribution is 7.33. The summed E-state index contributed by atoms with van der Waals surface area (Å²) in [5, 5.41) is 11.8. The van der Waals surface area contributed by atoms with E-state index in [1.54, 1.807) is 0 Å². The molecular formula is C27H17P. The fourth-order valence-electron chi connectivity index (χ4n) is 4.27. The standard InChI is InChI=1S/C27H17P/c1-2-7-19-16-24-21(14-18(19)6-1)11-12-22-15-20-8-5-9-23(25(20)17-26(22)24)27-10-3-4-13-28-27/h1-17H. The second-order valence-corrected chi connectivity index (χ2v) is 8.34. The van der Waals surface area contributed by atoms with Crippen LogP contribution in [0.15, 0.2) is 103 Å². The van der Waals surface area contributed by atoms with Gasteiger partial charge < -0.3 is 0 Å². The molecule has 0 unspecified atom stereocenters. The first-order chi connectivity index (χ1) is 13.9. The van der Waals surface area contributed by atoms with Gasteiger partial charge in [0.25, 0.3) is 0 Å². The predicted molar refractivity (Wildman–Crippen MR) is 124 cm³/mol. The molecule has 0 saturated carbocycles. The van der Waals surface area contributed by atoms with Gasteiger partial charge in [0.1, 0.15) is 0 Å². The van der Waals surface area contributed by atoms with Gasteiger partial charge in [-0.2, -0.15) is 0 Å². The van der Waals surface area contributed by atoms with Crippen LogP contribution in [0.4, 0.5) is 0 Å². The first-order valence-electron chi connectivity index (χ1n) is 9.56. The van der Waals surface area contributed by atoms with Crippen LogP contribution in [0.5, 0.6) is 0 Å². The van der Waals surface area contributed by atoms with Crippen LogP contribution >= 0.6 is 8.19 Å². The maximum absolute atomic E-state index is 2.39. The second kappa shape index (κ2) is 6.16. The van der Waals surface area contributed by atoms with Crippen molar-refractivity contribution >= 4 is 51.3 Å². The van der Waals surface area contributed by atoms with Crippen molar-refractivity contribution in [2.45, 2.75) is 0 Å². The molecule has 0 nitrogen and oxygen atoms in total. The zero-order valence-electron chi connectivity index (χ0n) is 15.3. The molecule has 1 heteroatoms. The summed E-state index contributed by atoms with van der Waals surface area (Å²) in [5.41, 5.74) is 1.33. The summed E-state index contributed by atoms with van der Waals surface area (Å²) in [5.74, 6) is 2.21. The number of fused-ring (bicyclic) bond motifs is 5. The molecule has 0 atom stereocenters. The Kier molecular flexibility index (Phi) is 3.48. The average Bonchev–Trinajstić information content (AvgIpc) is 2.76. The van der Waals surface area contributed by atoms with Crippen LogP contribution in [0.2, 0.25) is 0 Å². The van der Waals surface area contributed by atoms with Gasteiger partial charge in [0.05, 0.1) is 0 Å². The third-order valence-corrected chi connectivity index (χ3v) is 6.63. The topological polar surface area (TPSA) is 0 Å². The quantitative estimate of drug-likeness (QED) is 0.200. The lowest BCUT2D eigenvalue weighted by atomic mass is 9.94. The van der Waals surface area contributed by atoms with Crippen LogP contribution in [-0.2, 0) is 0 Å². The lowest BCUT2D eigenvalue weighted by molar-refractivity contribution is 1.75. The van der Waals surface area contributed by atoms with Crippen molar-refractivity contribution in [3.05, 3.63) is 103 Å². The van der Waals surface area contributed by atoms with E-state index in [2.05, 4.69) is 103 Å². The molecule has 1 heterocycles. The van der Waals surface area contributed by atoms with Gasteiger partial charge in [0.2, 0.25) is 0 Å². The van der Waals surface area contributed by atoms with Crippen molar-refractivity contribution in [2.24, 2.45) is 0 Å². The molecule has 0 aliphatic heterocycles. The van der Waals surface area contributed by atoms with E-state index in [0.29, 0.717) is 0 Å². The Morgan fingerprint density at radius 2 is 1.07 bits per heavy atom. The van der Waals surface area contributed by atoms with Crippen molar-refractivity contribution in [3.63, 3.8) is 0 Å². The summed E-state index contributed by atoms with van der Waals surface area (Å²) in [6.45, 7) is 0. The van der Waals surface area contributed by atoms with Crippen molar-refractivity contribution in [1.29, 1.82) is 0 Å². The molecule has 130 valence electrons. The predicted octanol–water partition coefficient (Wildman–Crippen LogP) is 8.55. The van der Waals surface area contributed by atoms with Gasteiger partial charge >= 0.3 is 0 Å². The van der Waals surface area contributed by atoms with Gasteiger partial charge in [-0.15, -0.1) is 0 Å². The Morgan fingerprint density at radius 1 is 0.429 bits per heavy atom. The number of hydrogen-bond donors (Lipinski definition) is 0. The largest absolute Gasteiger partial charge is 0.0678 e. The first kappa shape index (κ1) is 15.8. The summed E-state index contributed by atoms with van der Waals surface area (Å²) in [7, 11) is 1.26. The molecule has 0 N–H and O–H groups in total. The van der Waals surface area contributed by atoms with Crippen molar-refractivity contribution < 1.29 is 0 Å². The molecule has 0 bridgehead atoms. The van der Waals surface area contributed by atoms with E-state index in [1.165, 1.54) is 62.1 Å². The molecule has 0 aliphatic rings. The minimum Gasteiger partial charge on any atom is -0.0678 e. The molecule has 0 amide bonds. The number of rotatable bonds is 1. The lowest BCUT2D eigenvalue weighted by Gasteiger charge is -2.11. The van der Waals surface area contributed by atoms with Crippen LogP contribution < -0.4 is 0 Å². The number of benzene rings is 5. The molecule has 0 saturated heterocycles. The molecule has 5 aromatic carbocycles. The van der Waals surface area contributed by atoms with Crippen LogP contribution in [-0.4, -0.2) is 0 Å². The second-order valence-electron chi connectivity index (χ2n) is 7.30. The Labute approximate surface area is 165 Å². The molecule has 28 heavy (non-hydrogen) atoms. The maximum atomic E-state index is 2.39. The fourth-order valence-corrected chi connectivity index (χ4v) is 5.12. The molecule has 6 aromatic rings. The van der Waals surface area contributed by atoms with Crippen molar-refractivity contribution in [3.8, 4) is 10.9 Å². The van der Waals surface area contributed by atoms with Gasteiger partial charge in [0.15, 0.2) is 0 Å². The van der Waals surface area contributed by atoms with Crippen molar-refractivity contribution in [2.75, 3.05) is 0 Å². The highest BCUT2D eigenvalue weighted by Crippen LogP contribution is 2.37. The zero-order chi connectivity index (χ0) is 18.5. The normalized spacial score (nSPS) is 11.9. The SMILES string of the molecule is c1ccc(-c2cccc3cc4ccc5cc6ccccc6cc5c4cc23)pc1. The van der Waals surface area contributed by atoms with E-state index in [-0.39, 0.29) is 0 Å². The molecular weight excluding hydrogens is 355 g/mol. The first-order valence-corrected chi connectivity index (χ1v) is 10.5. The van der Waals surface area contributed by atoms with Crippen molar-refractivity contribution in [1.82, 2.24) is 0 Å². The van der Waals surface area contributed by atoms with E-state index >= 15 is 0 Å². The van der Waals surface area contributed by atoms with E-state index in [9.17, 15) is 0 Å². The summed E-state index contributed by atoms with van der Waals surface area (Å²) >= 11 is 0. The minimum atomic E-state index is 1.26. The Morgan fingerprint density at radius 3 is 1.86 bits per heavy atom. The average molecular weight is 372 g/mol. The molecule has 0 radical (unpaired) electrons. The third kappa shape index (κ3) is 2.43. The minimum absolute atomic E-state index is 1.26. The highest BCUT2D eigenvalue weighted by Gasteiger charge is 2.08. The van der Waals surface area contributed by atoms with Gasteiger partial charge in [0, 0.05) is 5.30 Å². The smallest absolute Gasteiger partial charge is 0.00964 e. The Balaban J connectivity index is 1.75. The Hall–Kier alpha value is -3.21. The van der Waals surface area contributed by atoms with Gasteiger partial charge in [-0.1, -0.05) is 74.9 Å². The van der Waals surface area contributed by atoms with E-state index in [1.807, 2.05) is 0 Å². The van der Waals surface area contributed by atoms with Crippen LogP contribution in [0.25, 0.3) is 53.9 Å². The molecule has 1 aromatic heterocycles. The Bertz CT molecular complexity index is 1500. The summed E-state index contributed by atoms with van der Waals surface area (Å²) in [4.78, 5) is 0. The molecule has 6 rings (SSSR count). The highest BCUT2D eigenvalue weighted by atomic mass is 31.0. The van der Waals surface area contributed by atoms with Crippen LogP contribution in [0.3, 0.4) is 0 Å². The summed E-state index contributed by atoms with van der Waals surface area (Å²) in [6.07, 6.45) is 0. The van der Waals surface area contributed by atoms with E-state index < -0.39 is 0 Å². The molecule has 0 spiro atoms. The van der Waals surface area contributed by atoms with E-state index in [0.717, 1.165) is 0 Å². The van der Waals surface area contributed by atoms with Crippen LogP contribution in [0, 0.1) is 0 Å². The summed E-state index contributed by atoms with van der Waals surface area (Å²) in [6, 6.07) is 35.6. The monoisotopic (exact) mass is 372 g/mol. The molecule has 0 fully saturated rings.